The molecular formula is C21H28N2O5S. The fraction of sp³-hybridized carbons (Fsp3) is 0.571. The van der Waals surface area contributed by atoms with Crippen LogP contribution in [0.4, 0.5) is 0 Å². The number of hydrogen-bond acceptors (Lipinski definition) is 5. The number of rotatable bonds is 4. The van der Waals surface area contributed by atoms with E-state index in [1.165, 1.54) is 10.7 Å². The van der Waals surface area contributed by atoms with Crippen molar-refractivity contribution in [1.82, 2.24) is 9.62 Å². The molecule has 0 spiro atoms. The van der Waals surface area contributed by atoms with Crippen LogP contribution in [0.15, 0.2) is 27.5 Å². The molecule has 0 radical (unpaired) electrons. The van der Waals surface area contributed by atoms with Gasteiger partial charge in [-0.25, -0.2) is 8.42 Å². The van der Waals surface area contributed by atoms with Gasteiger partial charge in [-0.2, -0.15) is 4.31 Å². The van der Waals surface area contributed by atoms with Gasteiger partial charge in [-0.1, -0.05) is 19.8 Å². The summed E-state index contributed by atoms with van der Waals surface area (Å²) < 4.78 is 38.4. The summed E-state index contributed by atoms with van der Waals surface area (Å²) in [4.78, 5) is 13.0. The van der Waals surface area contributed by atoms with Gasteiger partial charge in [-0.15, -0.1) is 0 Å². The number of benzene rings is 1. The summed E-state index contributed by atoms with van der Waals surface area (Å²) in [5, 5.41) is 3.76. The fourth-order valence-electron chi connectivity index (χ4n) is 4.28. The van der Waals surface area contributed by atoms with Crippen LogP contribution < -0.4 is 5.32 Å². The van der Waals surface area contributed by atoms with Crippen LogP contribution in [0.3, 0.4) is 0 Å². The average molecular weight is 421 g/mol. The van der Waals surface area contributed by atoms with E-state index in [0.717, 1.165) is 19.3 Å². The van der Waals surface area contributed by atoms with Crippen molar-refractivity contribution in [3.8, 4) is 0 Å². The maximum Gasteiger partial charge on any atom is 0.287 e. The monoisotopic (exact) mass is 420 g/mol. The Hall–Kier alpha value is -1.90. The number of sulfonamides is 1. The lowest BCUT2D eigenvalue weighted by molar-refractivity contribution is 0.0730. The predicted molar refractivity (Wildman–Crippen MR) is 109 cm³/mol. The Balaban J connectivity index is 1.61. The standard InChI is InChI=1S/C21H28N2O5S/c1-14-5-3-4-6-18(14)22-21(24)20-15(2)17-13-16(7-8-19(17)28-20)29(25,26)23-9-11-27-12-10-23/h7-8,13-14,18H,3-6,9-12H2,1-2H3,(H,22,24)/t14-,18+/m0/s1. The quantitative estimate of drug-likeness (QED) is 0.821. The molecule has 0 unspecified atom stereocenters. The fourth-order valence-corrected chi connectivity index (χ4v) is 5.71. The minimum Gasteiger partial charge on any atom is -0.451 e. The van der Waals surface area contributed by atoms with Crippen molar-refractivity contribution >= 4 is 26.9 Å². The third-order valence-corrected chi connectivity index (χ3v) is 8.04. The van der Waals surface area contributed by atoms with Crippen LogP contribution in [0.1, 0.15) is 48.7 Å². The molecule has 0 bridgehead atoms. The molecular weight excluding hydrogens is 392 g/mol. The number of nitrogens with one attached hydrogen (secondary N) is 1. The summed E-state index contributed by atoms with van der Waals surface area (Å²) in [6, 6.07) is 4.94. The molecule has 1 saturated carbocycles. The lowest BCUT2D eigenvalue weighted by atomic mass is 9.86. The van der Waals surface area contributed by atoms with E-state index < -0.39 is 10.0 Å². The van der Waals surface area contributed by atoms with Gasteiger partial charge in [0.1, 0.15) is 5.58 Å². The number of aryl methyl sites for hydroxylation is 1. The Labute approximate surface area is 171 Å². The number of nitrogens with zero attached hydrogens (tertiary/aromatic N) is 1. The first-order valence-electron chi connectivity index (χ1n) is 10.3. The largest absolute Gasteiger partial charge is 0.451 e. The van der Waals surface area contributed by atoms with Gasteiger partial charge in [-0.05, 0) is 43.9 Å². The number of carbonyl (C=O) groups excluding carboxylic acids is 1. The van der Waals surface area contributed by atoms with Crippen LogP contribution in [0.25, 0.3) is 11.0 Å². The van der Waals surface area contributed by atoms with Gasteiger partial charge in [0.2, 0.25) is 10.0 Å². The minimum absolute atomic E-state index is 0.154. The summed E-state index contributed by atoms with van der Waals surface area (Å²) >= 11 is 0. The summed E-state index contributed by atoms with van der Waals surface area (Å²) in [7, 11) is -3.60. The molecule has 2 fully saturated rings. The smallest absolute Gasteiger partial charge is 0.287 e. The second kappa shape index (κ2) is 8.08. The number of furan rings is 1. The highest BCUT2D eigenvalue weighted by atomic mass is 32.2. The third-order valence-electron chi connectivity index (χ3n) is 6.15. The van der Waals surface area contributed by atoms with Crippen molar-refractivity contribution in [2.45, 2.75) is 50.5 Å². The molecule has 1 aliphatic heterocycles. The highest BCUT2D eigenvalue weighted by Crippen LogP contribution is 2.30. The number of ether oxygens (including phenoxy) is 1. The maximum atomic E-state index is 12.9. The summed E-state index contributed by atoms with van der Waals surface area (Å²) in [5.74, 6) is 0.483. The van der Waals surface area contributed by atoms with Gasteiger partial charge in [0, 0.05) is 30.1 Å². The third kappa shape index (κ3) is 3.93. The first kappa shape index (κ1) is 20.4. The molecule has 7 nitrogen and oxygen atoms in total. The van der Waals surface area contributed by atoms with E-state index in [9.17, 15) is 13.2 Å². The van der Waals surface area contributed by atoms with Gasteiger partial charge in [0.05, 0.1) is 18.1 Å². The molecule has 1 N–H and O–H groups in total. The molecule has 1 aliphatic carbocycles. The van der Waals surface area contributed by atoms with Crippen molar-refractivity contribution < 1.29 is 22.4 Å². The van der Waals surface area contributed by atoms with Gasteiger partial charge >= 0.3 is 0 Å². The molecule has 2 aromatic rings. The van der Waals surface area contributed by atoms with E-state index >= 15 is 0 Å². The molecule has 2 aliphatic rings. The number of amides is 1. The van der Waals surface area contributed by atoms with Crippen molar-refractivity contribution in [3.63, 3.8) is 0 Å². The zero-order valence-electron chi connectivity index (χ0n) is 16.9. The Morgan fingerprint density at radius 3 is 2.62 bits per heavy atom. The number of fused-ring (bicyclic) bond motifs is 1. The van der Waals surface area contributed by atoms with Crippen LogP contribution >= 0.6 is 0 Å². The number of morpholine rings is 1. The van der Waals surface area contributed by atoms with Gasteiger partial charge < -0.3 is 14.5 Å². The molecule has 2 heterocycles. The van der Waals surface area contributed by atoms with Crippen molar-refractivity contribution in [3.05, 3.63) is 29.5 Å². The van der Waals surface area contributed by atoms with Gasteiger partial charge in [0.15, 0.2) is 5.76 Å². The Morgan fingerprint density at radius 2 is 1.90 bits per heavy atom. The summed E-state index contributed by atoms with van der Waals surface area (Å²) in [6.07, 6.45) is 4.43. The van der Waals surface area contributed by atoms with Gasteiger partial charge in [0.25, 0.3) is 5.91 Å². The van der Waals surface area contributed by atoms with E-state index in [-0.39, 0.29) is 22.6 Å². The number of carbonyl (C=O) groups is 1. The van der Waals surface area contributed by atoms with Crippen LogP contribution in [-0.2, 0) is 14.8 Å². The normalized spacial score (nSPS) is 23.9. The summed E-state index contributed by atoms with van der Waals surface area (Å²) in [6.45, 7) is 5.46. The Morgan fingerprint density at radius 1 is 1.17 bits per heavy atom. The second-order valence-corrected chi connectivity index (χ2v) is 10.0. The molecule has 8 heteroatoms. The average Bonchev–Trinajstić information content (AvgIpc) is 3.06. The molecule has 4 rings (SSSR count). The van der Waals surface area contributed by atoms with Crippen LogP contribution in [-0.4, -0.2) is 51.0 Å². The molecule has 1 aromatic carbocycles. The van der Waals surface area contributed by atoms with Crippen molar-refractivity contribution in [2.75, 3.05) is 26.3 Å². The van der Waals surface area contributed by atoms with Crippen LogP contribution in [0, 0.1) is 12.8 Å². The first-order valence-corrected chi connectivity index (χ1v) is 11.7. The summed E-state index contributed by atoms with van der Waals surface area (Å²) in [5.41, 5.74) is 1.19. The van der Waals surface area contributed by atoms with Crippen molar-refractivity contribution in [1.29, 1.82) is 0 Å². The Kier molecular flexibility index (Phi) is 5.68. The van der Waals surface area contributed by atoms with Crippen LogP contribution in [0.5, 0.6) is 0 Å². The number of hydrogen-bond donors (Lipinski definition) is 1. The first-order chi connectivity index (χ1) is 13.9. The lowest BCUT2D eigenvalue weighted by Crippen LogP contribution is -2.41. The van der Waals surface area contributed by atoms with Crippen molar-refractivity contribution in [2.24, 2.45) is 5.92 Å². The van der Waals surface area contributed by atoms with E-state index in [4.69, 9.17) is 9.15 Å². The van der Waals surface area contributed by atoms with E-state index in [0.29, 0.717) is 48.8 Å². The zero-order chi connectivity index (χ0) is 20.6. The molecule has 1 amide bonds. The second-order valence-electron chi connectivity index (χ2n) is 8.07. The Bertz CT molecular complexity index is 1010. The highest BCUT2D eigenvalue weighted by molar-refractivity contribution is 7.89. The van der Waals surface area contributed by atoms with Gasteiger partial charge in [-0.3, -0.25) is 4.79 Å². The van der Waals surface area contributed by atoms with E-state index in [2.05, 4.69) is 12.2 Å². The molecule has 2 atom stereocenters. The molecule has 1 saturated heterocycles. The molecule has 158 valence electrons. The van der Waals surface area contributed by atoms with Crippen LogP contribution in [0.2, 0.25) is 0 Å². The molecule has 29 heavy (non-hydrogen) atoms. The lowest BCUT2D eigenvalue weighted by Gasteiger charge is -2.29. The van der Waals surface area contributed by atoms with E-state index in [1.807, 2.05) is 0 Å². The highest BCUT2D eigenvalue weighted by Gasteiger charge is 2.29. The topological polar surface area (TPSA) is 88.8 Å². The minimum atomic E-state index is -3.60. The predicted octanol–water partition coefficient (Wildman–Crippen LogP) is 3.07. The molecule has 1 aromatic heterocycles. The SMILES string of the molecule is Cc1c(C(=O)N[C@@H]2CCCC[C@@H]2C)oc2ccc(S(=O)(=O)N3CCOCC3)cc12. The maximum absolute atomic E-state index is 12.9. The van der Waals surface area contributed by atoms with E-state index in [1.54, 1.807) is 25.1 Å². The zero-order valence-corrected chi connectivity index (χ0v) is 17.8.